The zero-order chi connectivity index (χ0) is 9.73. The molecule has 0 radical (unpaired) electrons. The summed E-state index contributed by atoms with van der Waals surface area (Å²) >= 11 is 0. The third-order valence-corrected chi connectivity index (χ3v) is 2.82. The topological polar surface area (TPSA) is 41.1 Å². The van der Waals surface area contributed by atoms with E-state index in [1.54, 1.807) is 0 Å². The summed E-state index contributed by atoms with van der Waals surface area (Å²) in [7, 11) is 0. The molecule has 1 aliphatic carbocycles. The summed E-state index contributed by atoms with van der Waals surface area (Å²) in [6.45, 7) is 5.70. The smallest absolute Gasteiger partial charge is 0.314 e. The highest BCUT2D eigenvalue weighted by atomic mass is 16.2. The van der Waals surface area contributed by atoms with Gasteiger partial charge in [0.25, 0.3) is 0 Å². The Hall–Kier alpha value is -0.730. The molecular formula is C10H20N2O. The molecule has 0 aliphatic heterocycles. The van der Waals surface area contributed by atoms with E-state index in [9.17, 15) is 4.79 Å². The second-order valence-electron chi connectivity index (χ2n) is 4.23. The average molecular weight is 184 g/mol. The van der Waals surface area contributed by atoms with Crippen molar-refractivity contribution >= 4 is 6.03 Å². The fourth-order valence-corrected chi connectivity index (χ4v) is 1.92. The van der Waals surface area contributed by atoms with Gasteiger partial charge in [-0.25, -0.2) is 4.79 Å². The molecule has 0 heterocycles. The van der Waals surface area contributed by atoms with Gasteiger partial charge in [-0.15, -0.1) is 0 Å². The van der Waals surface area contributed by atoms with Crippen LogP contribution in [0.4, 0.5) is 4.79 Å². The van der Waals surface area contributed by atoms with Gasteiger partial charge in [0.05, 0.1) is 0 Å². The van der Waals surface area contributed by atoms with Crippen molar-refractivity contribution in [1.82, 2.24) is 10.6 Å². The Bertz CT molecular complexity index is 174. The summed E-state index contributed by atoms with van der Waals surface area (Å²) in [6.07, 6.45) is 5.12. The van der Waals surface area contributed by atoms with Gasteiger partial charge in [-0.3, -0.25) is 0 Å². The summed E-state index contributed by atoms with van der Waals surface area (Å²) in [5, 5.41) is 5.65. The second-order valence-corrected chi connectivity index (χ2v) is 4.23. The van der Waals surface area contributed by atoms with Crippen molar-refractivity contribution in [3.63, 3.8) is 0 Å². The minimum atomic E-state index is -0.0318. The van der Waals surface area contributed by atoms with Crippen LogP contribution in [0.15, 0.2) is 0 Å². The SMILES string of the molecule is CCNC(=O)NCC1(C)CCCC1. The molecule has 0 aromatic heterocycles. The molecule has 76 valence electrons. The molecule has 0 unspecified atom stereocenters. The first-order chi connectivity index (χ1) is 6.16. The molecule has 0 aromatic carbocycles. The summed E-state index contributed by atoms with van der Waals surface area (Å²) in [6, 6.07) is -0.0318. The van der Waals surface area contributed by atoms with Crippen molar-refractivity contribution in [2.24, 2.45) is 5.41 Å². The summed E-state index contributed by atoms with van der Waals surface area (Å²) < 4.78 is 0. The number of hydrogen-bond acceptors (Lipinski definition) is 1. The van der Waals surface area contributed by atoms with Gasteiger partial charge in [-0.2, -0.15) is 0 Å². The van der Waals surface area contributed by atoms with Gasteiger partial charge in [0.1, 0.15) is 0 Å². The fraction of sp³-hybridized carbons (Fsp3) is 0.900. The number of nitrogens with one attached hydrogen (secondary N) is 2. The van der Waals surface area contributed by atoms with Gasteiger partial charge in [0, 0.05) is 13.1 Å². The monoisotopic (exact) mass is 184 g/mol. The van der Waals surface area contributed by atoms with Gasteiger partial charge < -0.3 is 10.6 Å². The number of carbonyl (C=O) groups excluding carboxylic acids is 1. The molecular weight excluding hydrogens is 164 g/mol. The quantitative estimate of drug-likeness (QED) is 0.691. The summed E-state index contributed by atoms with van der Waals surface area (Å²) in [4.78, 5) is 11.1. The Labute approximate surface area is 80.3 Å². The summed E-state index contributed by atoms with van der Waals surface area (Å²) in [5.41, 5.74) is 0.352. The van der Waals surface area contributed by atoms with Crippen molar-refractivity contribution in [2.75, 3.05) is 13.1 Å². The third-order valence-electron chi connectivity index (χ3n) is 2.82. The van der Waals surface area contributed by atoms with Crippen LogP contribution in [0.25, 0.3) is 0 Å². The van der Waals surface area contributed by atoms with Crippen LogP contribution in [0.1, 0.15) is 39.5 Å². The molecule has 0 bridgehead atoms. The van der Waals surface area contributed by atoms with Crippen molar-refractivity contribution in [3.05, 3.63) is 0 Å². The molecule has 13 heavy (non-hydrogen) atoms. The number of hydrogen-bond donors (Lipinski definition) is 2. The second kappa shape index (κ2) is 4.49. The van der Waals surface area contributed by atoms with E-state index in [4.69, 9.17) is 0 Å². The molecule has 1 fully saturated rings. The van der Waals surface area contributed by atoms with E-state index in [-0.39, 0.29) is 6.03 Å². The van der Waals surface area contributed by atoms with Gasteiger partial charge >= 0.3 is 6.03 Å². The lowest BCUT2D eigenvalue weighted by Gasteiger charge is -2.23. The Kier molecular flexibility index (Phi) is 3.58. The minimum absolute atomic E-state index is 0.0318. The van der Waals surface area contributed by atoms with E-state index in [0.29, 0.717) is 12.0 Å². The number of carbonyl (C=O) groups is 1. The average Bonchev–Trinajstić information content (AvgIpc) is 2.51. The molecule has 2 amide bonds. The highest BCUT2D eigenvalue weighted by Gasteiger charge is 2.28. The first-order valence-corrected chi connectivity index (χ1v) is 5.18. The van der Waals surface area contributed by atoms with E-state index in [2.05, 4.69) is 17.6 Å². The number of rotatable bonds is 3. The van der Waals surface area contributed by atoms with Crippen molar-refractivity contribution in [1.29, 1.82) is 0 Å². The van der Waals surface area contributed by atoms with Crippen molar-refractivity contribution in [3.8, 4) is 0 Å². The molecule has 0 atom stereocenters. The standard InChI is InChI=1S/C10H20N2O/c1-3-11-9(13)12-8-10(2)6-4-5-7-10/h3-8H2,1-2H3,(H2,11,12,13). The zero-order valence-corrected chi connectivity index (χ0v) is 8.65. The van der Waals surface area contributed by atoms with Crippen LogP contribution in [0.3, 0.4) is 0 Å². The molecule has 0 aromatic rings. The van der Waals surface area contributed by atoms with E-state index in [0.717, 1.165) is 6.54 Å². The largest absolute Gasteiger partial charge is 0.338 e. The zero-order valence-electron chi connectivity index (χ0n) is 8.65. The minimum Gasteiger partial charge on any atom is -0.338 e. The Morgan fingerprint density at radius 1 is 1.31 bits per heavy atom. The highest BCUT2D eigenvalue weighted by Crippen LogP contribution is 2.36. The van der Waals surface area contributed by atoms with Crippen LogP contribution in [0.2, 0.25) is 0 Å². The maximum Gasteiger partial charge on any atom is 0.314 e. The van der Waals surface area contributed by atoms with Gasteiger partial charge in [0.15, 0.2) is 0 Å². The van der Waals surface area contributed by atoms with Crippen LogP contribution in [-0.4, -0.2) is 19.1 Å². The molecule has 1 saturated carbocycles. The molecule has 1 rings (SSSR count). The number of urea groups is 1. The molecule has 0 spiro atoms. The Morgan fingerprint density at radius 2 is 1.92 bits per heavy atom. The molecule has 0 saturated heterocycles. The van der Waals surface area contributed by atoms with Crippen molar-refractivity contribution < 1.29 is 4.79 Å². The predicted octanol–water partition coefficient (Wildman–Crippen LogP) is 1.89. The van der Waals surface area contributed by atoms with E-state index < -0.39 is 0 Å². The lowest BCUT2D eigenvalue weighted by molar-refractivity contribution is 0.232. The Morgan fingerprint density at radius 3 is 2.46 bits per heavy atom. The lowest BCUT2D eigenvalue weighted by atomic mass is 9.89. The van der Waals surface area contributed by atoms with Crippen LogP contribution in [0.5, 0.6) is 0 Å². The van der Waals surface area contributed by atoms with Gasteiger partial charge in [0.2, 0.25) is 0 Å². The third kappa shape index (κ3) is 3.25. The maximum absolute atomic E-state index is 11.1. The molecule has 2 N–H and O–H groups in total. The maximum atomic E-state index is 11.1. The lowest BCUT2D eigenvalue weighted by Crippen LogP contribution is -2.40. The molecule has 1 aliphatic rings. The van der Waals surface area contributed by atoms with Crippen LogP contribution >= 0.6 is 0 Å². The van der Waals surface area contributed by atoms with Gasteiger partial charge in [-0.05, 0) is 25.2 Å². The van der Waals surface area contributed by atoms with E-state index in [1.165, 1.54) is 25.7 Å². The normalized spacial score (nSPS) is 19.8. The number of amides is 2. The molecule has 3 heteroatoms. The first-order valence-electron chi connectivity index (χ1n) is 5.18. The van der Waals surface area contributed by atoms with Crippen LogP contribution in [-0.2, 0) is 0 Å². The first kappa shape index (κ1) is 10.4. The fourth-order valence-electron chi connectivity index (χ4n) is 1.92. The Balaban J connectivity index is 2.21. The predicted molar refractivity (Wildman–Crippen MR) is 53.7 cm³/mol. The van der Waals surface area contributed by atoms with E-state index in [1.807, 2.05) is 6.92 Å². The summed E-state index contributed by atoms with van der Waals surface area (Å²) in [5.74, 6) is 0. The van der Waals surface area contributed by atoms with E-state index >= 15 is 0 Å². The molecule has 3 nitrogen and oxygen atoms in total. The van der Waals surface area contributed by atoms with Crippen LogP contribution < -0.4 is 10.6 Å². The van der Waals surface area contributed by atoms with Gasteiger partial charge in [-0.1, -0.05) is 19.8 Å². The van der Waals surface area contributed by atoms with Crippen LogP contribution in [0, 0.1) is 5.41 Å². The highest BCUT2D eigenvalue weighted by molar-refractivity contribution is 5.73. The van der Waals surface area contributed by atoms with Crippen molar-refractivity contribution in [2.45, 2.75) is 39.5 Å².